The van der Waals surface area contributed by atoms with Gasteiger partial charge in [-0.3, -0.25) is 4.79 Å². The SMILES string of the molecule is C=CCNC(=O)c1cc(-c2ccc3c(c2)OCO3)nc2ccccc12. The van der Waals surface area contributed by atoms with Crippen LogP contribution in [0, 0.1) is 0 Å². The fraction of sp³-hybridized carbons (Fsp3) is 0.100. The number of nitrogens with zero attached hydrogens (tertiary/aromatic N) is 1. The Morgan fingerprint density at radius 1 is 1.16 bits per heavy atom. The molecule has 4 rings (SSSR count). The minimum atomic E-state index is -0.152. The highest BCUT2D eigenvalue weighted by molar-refractivity contribution is 6.07. The van der Waals surface area contributed by atoms with E-state index in [1.165, 1.54) is 0 Å². The highest BCUT2D eigenvalue weighted by Crippen LogP contribution is 2.36. The van der Waals surface area contributed by atoms with Crippen molar-refractivity contribution in [1.29, 1.82) is 0 Å². The molecule has 5 nitrogen and oxygen atoms in total. The normalized spacial score (nSPS) is 12.2. The number of rotatable bonds is 4. The molecule has 5 heteroatoms. The third kappa shape index (κ3) is 2.80. The van der Waals surface area contributed by atoms with E-state index in [2.05, 4.69) is 11.9 Å². The van der Waals surface area contributed by atoms with Crippen LogP contribution in [0.2, 0.25) is 0 Å². The average Bonchev–Trinajstić information content (AvgIpc) is 3.13. The predicted molar refractivity (Wildman–Crippen MR) is 95.8 cm³/mol. The molecule has 0 saturated carbocycles. The van der Waals surface area contributed by atoms with Gasteiger partial charge >= 0.3 is 0 Å². The van der Waals surface area contributed by atoms with Gasteiger partial charge in [0.2, 0.25) is 6.79 Å². The van der Waals surface area contributed by atoms with Crippen LogP contribution in [-0.2, 0) is 0 Å². The molecule has 0 fully saturated rings. The number of carbonyl (C=O) groups excluding carboxylic acids is 1. The van der Waals surface area contributed by atoms with Gasteiger partial charge in [0.1, 0.15) is 0 Å². The number of aromatic nitrogens is 1. The van der Waals surface area contributed by atoms with Crippen molar-refractivity contribution in [2.24, 2.45) is 0 Å². The number of fused-ring (bicyclic) bond motifs is 2. The van der Waals surface area contributed by atoms with Crippen LogP contribution in [0.15, 0.2) is 61.2 Å². The molecule has 1 N–H and O–H groups in total. The summed E-state index contributed by atoms with van der Waals surface area (Å²) in [7, 11) is 0. The van der Waals surface area contributed by atoms with Crippen LogP contribution in [0.25, 0.3) is 22.2 Å². The third-order valence-electron chi connectivity index (χ3n) is 4.04. The van der Waals surface area contributed by atoms with Crippen molar-refractivity contribution in [3.05, 3.63) is 66.7 Å². The molecule has 124 valence electrons. The zero-order valence-electron chi connectivity index (χ0n) is 13.5. The maximum atomic E-state index is 12.6. The van der Waals surface area contributed by atoms with E-state index in [0.717, 1.165) is 16.5 Å². The average molecular weight is 332 g/mol. The Hall–Kier alpha value is -3.34. The number of benzene rings is 2. The van der Waals surface area contributed by atoms with Crippen molar-refractivity contribution in [2.75, 3.05) is 13.3 Å². The molecule has 2 heterocycles. The standard InChI is InChI=1S/C20H16N2O3/c1-2-9-21-20(23)15-11-17(22-16-6-4-3-5-14(15)16)13-7-8-18-19(10-13)25-12-24-18/h2-8,10-11H,1,9,12H2,(H,21,23). The number of nitrogens with one attached hydrogen (secondary N) is 1. The van der Waals surface area contributed by atoms with Crippen molar-refractivity contribution in [2.45, 2.75) is 0 Å². The van der Waals surface area contributed by atoms with E-state index in [1.54, 1.807) is 12.1 Å². The van der Waals surface area contributed by atoms with E-state index in [9.17, 15) is 4.79 Å². The number of amides is 1. The van der Waals surface area contributed by atoms with Crippen molar-refractivity contribution in [3.8, 4) is 22.8 Å². The number of para-hydroxylation sites is 1. The lowest BCUT2D eigenvalue weighted by Crippen LogP contribution is -2.23. The van der Waals surface area contributed by atoms with Gasteiger partial charge in [0.05, 0.1) is 16.8 Å². The largest absolute Gasteiger partial charge is 0.454 e. The monoisotopic (exact) mass is 332 g/mol. The molecular formula is C20H16N2O3. The third-order valence-corrected chi connectivity index (χ3v) is 4.04. The summed E-state index contributed by atoms with van der Waals surface area (Å²) >= 11 is 0. The molecule has 0 atom stereocenters. The molecule has 0 saturated heterocycles. The lowest BCUT2D eigenvalue weighted by Gasteiger charge is -2.10. The molecule has 1 aliphatic heterocycles. The Labute approximate surface area is 144 Å². The fourth-order valence-electron chi connectivity index (χ4n) is 2.83. The first-order valence-corrected chi connectivity index (χ1v) is 7.95. The van der Waals surface area contributed by atoms with Crippen LogP contribution in [-0.4, -0.2) is 24.2 Å². The molecule has 0 bridgehead atoms. The van der Waals surface area contributed by atoms with E-state index in [0.29, 0.717) is 29.3 Å². The van der Waals surface area contributed by atoms with Gasteiger partial charge < -0.3 is 14.8 Å². The molecule has 0 unspecified atom stereocenters. The zero-order valence-corrected chi connectivity index (χ0v) is 13.5. The van der Waals surface area contributed by atoms with Gasteiger partial charge in [0.25, 0.3) is 5.91 Å². The van der Waals surface area contributed by atoms with Gasteiger partial charge in [-0.1, -0.05) is 24.3 Å². The minimum Gasteiger partial charge on any atom is -0.454 e. The molecule has 1 aliphatic rings. The maximum absolute atomic E-state index is 12.6. The predicted octanol–water partition coefficient (Wildman–Crippen LogP) is 3.55. The van der Waals surface area contributed by atoms with Crippen molar-refractivity contribution in [3.63, 3.8) is 0 Å². The van der Waals surface area contributed by atoms with Crippen LogP contribution in [0.4, 0.5) is 0 Å². The van der Waals surface area contributed by atoms with E-state index in [-0.39, 0.29) is 12.7 Å². The molecule has 1 amide bonds. The quantitative estimate of drug-likeness (QED) is 0.742. The van der Waals surface area contributed by atoms with E-state index in [1.807, 2.05) is 42.5 Å². The van der Waals surface area contributed by atoms with Gasteiger partial charge in [0, 0.05) is 17.5 Å². The van der Waals surface area contributed by atoms with Crippen LogP contribution >= 0.6 is 0 Å². The maximum Gasteiger partial charge on any atom is 0.252 e. The van der Waals surface area contributed by atoms with Crippen molar-refractivity contribution < 1.29 is 14.3 Å². The number of hydrogen-bond acceptors (Lipinski definition) is 4. The molecule has 0 radical (unpaired) electrons. The number of pyridine rings is 1. The van der Waals surface area contributed by atoms with Gasteiger partial charge in [-0.2, -0.15) is 0 Å². The molecule has 0 aliphatic carbocycles. The first-order chi connectivity index (χ1) is 12.3. The highest BCUT2D eigenvalue weighted by atomic mass is 16.7. The smallest absolute Gasteiger partial charge is 0.252 e. The Balaban J connectivity index is 1.84. The summed E-state index contributed by atoms with van der Waals surface area (Å²) in [5.41, 5.74) is 2.93. The van der Waals surface area contributed by atoms with Crippen LogP contribution in [0.3, 0.4) is 0 Å². The molecule has 25 heavy (non-hydrogen) atoms. The van der Waals surface area contributed by atoms with E-state index < -0.39 is 0 Å². The number of hydrogen-bond donors (Lipinski definition) is 1. The van der Waals surface area contributed by atoms with Gasteiger partial charge in [-0.05, 0) is 30.3 Å². The first kappa shape index (κ1) is 15.2. The Morgan fingerprint density at radius 3 is 2.88 bits per heavy atom. The molecule has 2 aromatic carbocycles. The lowest BCUT2D eigenvalue weighted by molar-refractivity contribution is 0.0959. The minimum absolute atomic E-state index is 0.152. The van der Waals surface area contributed by atoms with Crippen molar-refractivity contribution in [1.82, 2.24) is 10.3 Å². The van der Waals surface area contributed by atoms with Crippen LogP contribution in [0.1, 0.15) is 10.4 Å². The summed E-state index contributed by atoms with van der Waals surface area (Å²) < 4.78 is 10.8. The number of carbonyl (C=O) groups is 1. The summed E-state index contributed by atoms with van der Waals surface area (Å²) in [4.78, 5) is 17.3. The summed E-state index contributed by atoms with van der Waals surface area (Å²) in [6.07, 6.45) is 1.65. The zero-order chi connectivity index (χ0) is 17.2. The molecular weight excluding hydrogens is 316 g/mol. The first-order valence-electron chi connectivity index (χ1n) is 7.95. The lowest BCUT2D eigenvalue weighted by atomic mass is 10.0. The van der Waals surface area contributed by atoms with Crippen molar-refractivity contribution >= 4 is 16.8 Å². The second-order valence-corrected chi connectivity index (χ2v) is 5.64. The molecule has 3 aromatic rings. The topological polar surface area (TPSA) is 60.5 Å². The summed E-state index contributed by atoms with van der Waals surface area (Å²) in [6.45, 7) is 4.27. The van der Waals surface area contributed by atoms with E-state index in [4.69, 9.17) is 14.5 Å². The van der Waals surface area contributed by atoms with Gasteiger partial charge in [-0.15, -0.1) is 6.58 Å². The van der Waals surface area contributed by atoms with E-state index >= 15 is 0 Å². The Bertz CT molecular complexity index is 982. The second kappa shape index (κ2) is 6.28. The Morgan fingerprint density at radius 2 is 2.00 bits per heavy atom. The Kier molecular flexibility index (Phi) is 3.82. The fourth-order valence-corrected chi connectivity index (χ4v) is 2.83. The van der Waals surface area contributed by atoms with Gasteiger partial charge in [-0.25, -0.2) is 4.98 Å². The number of ether oxygens (including phenoxy) is 2. The van der Waals surface area contributed by atoms with Crippen LogP contribution in [0.5, 0.6) is 11.5 Å². The molecule has 0 spiro atoms. The highest BCUT2D eigenvalue weighted by Gasteiger charge is 2.17. The molecule has 1 aromatic heterocycles. The summed E-state index contributed by atoms with van der Waals surface area (Å²) in [6, 6.07) is 15.1. The second-order valence-electron chi connectivity index (χ2n) is 5.64. The summed E-state index contributed by atoms with van der Waals surface area (Å²) in [5, 5.41) is 3.65. The summed E-state index contributed by atoms with van der Waals surface area (Å²) in [5.74, 6) is 1.25. The van der Waals surface area contributed by atoms with Crippen LogP contribution < -0.4 is 14.8 Å². The van der Waals surface area contributed by atoms with Gasteiger partial charge in [0.15, 0.2) is 11.5 Å².